The highest BCUT2D eigenvalue weighted by Crippen LogP contribution is 2.27. The first-order valence-electron chi connectivity index (χ1n) is 7.30. The van der Waals surface area contributed by atoms with Crippen molar-refractivity contribution in [2.75, 3.05) is 7.11 Å². The van der Waals surface area contributed by atoms with Crippen LogP contribution < -0.4 is 10.1 Å². The van der Waals surface area contributed by atoms with E-state index in [-0.39, 0.29) is 11.9 Å². The zero-order valence-electron chi connectivity index (χ0n) is 11.9. The molecule has 2 rings (SSSR count). The quantitative estimate of drug-likeness (QED) is 0.823. The van der Waals surface area contributed by atoms with Crippen LogP contribution in [-0.4, -0.2) is 13.2 Å². The molecule has 0 spiro atoms. The molecule has 0 aromatic heterocycles. The van der Waals surface area contributed by atoms with Crippen LogP contribution in [0.25, 0.3) is 0 Å². The van der Waals surface area contributed by atoms with Crippen LogP contribution in [0.15, 0.2) is 18.2 Å². The van der Waals surface area contributed by atoms with Crippen molar-refractivity contribution in [3.05, 3.63) is 29.6 Å². The van der Waals surface area contributed by atoms with Crippen molar-refractivity contribution in [3.8, 4) is 5.75 Å². The monoisotopic (exact) mass is 265 g/mol. The molecule has 1 aromatic carbocycles. The molecule has 0 amide bonds. The van der Waals surface area contributed by atoms with E-state index in [2.05, 4.69) is 12.2 Å². The molecule has 0 radical (unpaired) electrons. The lowest BCUT2D eigenvalue weighted by Gasteiger charge is -2.23. The van der Waals surface area contributed by atoms with Gasteiger partial charge in [-0.3, -0.25) is 0 Å². The molecule has 0 aliphatic heterocycles. The minimum atomic E-state index is -0.203. The third-order valence-electron chi connectivity index (χ3n) is 4.00. The number of benzene rings is 1. The molecular weight excluding hydrogens is 241 g/mol. The van der Waals surface area contributed by atoms with Gasteiger partial charge in [-0.15, -0.1) is 0 Å². The van der Waals surface area contributed by atoms with E-state index in [1.54, 1.807) is 19.2 Å². The fraction of sp³-hybridized carbons (Fsp3) is 0.625. The van der Waals surface area contributed by atoms with Crippen molar-refractivity contribution >= 4 is 0 Å². The van der Waals surface area contributed by atoms with E-state index < -0.39 is 0 Å². The molecule has 1 fully saturated rings. The van der Waals surface area contributed by atoms with Crippen LogP contribution in [0.1, 0.15) is 57.1 Å². The Labute approximate surface area is 115 Å². The van der Waals surface area contributed by atoms with Gasteiger partial charge >= 0.3 is 0 Å². The second-order valence-corrected chi connectivity index (χ2v) is 5.46. The van der Waals surface area contributed by atoms with Crippen molar-refractivity contribution in [2.45, 2.75) is 57.5 Å². The molecule has 1 saturated carbocycles. The van der Waals surface area contributed by atoms with Gasteiger partial charge in [-0.2, -0.15) is 0 Å². The first kappa shape index (κ1) is 14.3. The van der Waals surface area contributed by atoms with Gasteiger partial charge in [0.15, 0.2) is 0 Å². The number of hydrogen-bond donors (Lipinski definition) is 1. The summed E-state index contributed by atoms with van der Waals surface area (Å²) in [6, 6.07) is 5.39. The fourth-order valence-electron chi connectivity index (χ4n) is 2.93. The van der Waals surface area contributed by atoms with Crippen LogP contribution >= 0.6 is 0 Å². The highest BCUT2D eigenvalue weighted by Gasteiger charge is 2.18. The minimum absolute atomic E-state index is 0.119. The maximum atomic E-state index is 13.4. The van der Waals surface area contributed by atoms with Crippen molar-refractivity contribution in [3.63, 3.8) is 0 Å². The summed E-state index contributed by atoms with van der Waals surface area (Å²) in [6.45, 7) is 2.09. The van der Waals surface area contributed by atoms with Gasteiger partial charge < -0.3 is 10.1 Å². The second kappa shape index (κ2) is 6.90. The Morgan fingerprint density at radius 2 is 1.89 bits per heavy atom. The average Bonchev–Trinajstić information content (AvgIpc) is 2.67. The summed E-state index contributed by atoms with van der Waals surface area (Å²) in [6.07, 6.45) is 7.73. The van der Waals surface area contributed by atoms with Crippen LogP contribution in [0.4, 0.5) is 4.39 Å². The molecule has 19 heavy (non-hydrogen) atoms. The molecule has 2 nitrogen and oxygen atoms in total. The summed E-state index contributed by atoms with van der Waals surface area (Å²) in [5, 5.41) is 3.63. The zero-order chi connectivity index (χ0) is 13.7. The third kappa shape index (κ3) is 3.93. The van der Waals surface area contributed by atoms with Crippen molar-refractivity contribution in [2.24, 2.45) is 0 Å². The molecule has 1 aliphatic rings. The van der Waals surface area contributed by atoms with E-state index in [9.17, 15) is 4.39 Å². The van der Waals surface area contributed by atoms with E-state index in [0.717, 1.165) is 11.3 Å². The predicted molar refractivity (Wildman–Crippen MR) is 76.0 cm³/mol. The van der Waals surface area contributed by atoms with Crippen molar-refractivity contribution in [1.82, 2.24) is 5.32 Å². The molecule has 1 aromatic rings. The van der Waals surface area contributed by atoms with Crippen LogP contribution in [-0.2, 0) is 0 Å². The minimum Gasteiger partial charge on any atom is -0.496 e. The predicted octanol–water partition coefficient (Wildman–Crippen LogP) is 4.21. The molecule has 106 valence electrons. The molecule has 3 heteroatoms. The van der Waals surface area contributed by atoms with Crippen LogP contribution in [0.2, 0.25) is 0 Å². The molecular formula is C16H24FNO. The van der Waals surface area contributed by atoms with Crippen LogP contribution in [0, 0.1) is 5.82 Å². The van der Waals surface area contributed by atoms with Crippen molar-refractivity contribution in [1.29, 1.82) is 0 Å². The Morgan fingerprint density at radius 3 is 2.53 bits per heavy atom. The second-order valence-electron chi connectivity index (χ2n) is 5.46. The Morgan fingerprint density at radius 1 is 1.21 bits per heavy atom. The summed E-state index contributed by atoms with van der Waals surface area (Å²) in [5.41, 5.74) is 0.909. The summed E-state index contributed by atoms with van der Waals surface area (Å²) >= 11 is 0. The van der Waals surface area contributed by atoms with Gasteiger partial charge in [-0.25, -0.2) is 4.39 Å². The summed E-state index contributed by atoms with van der Waals surface area (Å²) in [5.74, 6) is 0.556. The topological polar surface area (TPSA) is 21.3 Å². The lowest BCUT2D eigenvalue weighted by Crippen LogP contribution is -2.31. The number of halogens is 1. The number of ether oxygens (including phenoxy) is 1. The summed E-state index contributed by atoms with van der Waals surface area (Å²) in [7, 11) is 1.63. The van der Waals surface area contributed by atoms with E-state index in [1.165, 1.54) is 44.6 Å². The number of methoxy groups -OCH3 is 1. The molecule has 1 atom stereocenters. The number of hydrogen-bond acceptors (Lipinski definition) is 2. The lowest BCUT2D eigenvalue weighted by molar-refractivity contribution is 0.380. The SMILES string of the molecule is COc1ccc(F)cc1C(C)NC1CCCCCC1. The van der Waals surface area contributed by atoms with Gasteiger partial charge in [0.25, 0.3) is 0 Å². The smallest absolute Gasteiger partial charge is 0.123 e. The molecule has 1 N–H and O–H groups in total. The Bertz CT molecular complexity index is 400. The molecule has 1 unspecified atom stereocenters. The first-order valence-corrected chi connectivity index (χ1v) is 7.30. The zero-order valence-corrected chi connectivity index (χ0v) is 11.9. The largest absolute Gasteiger partial charge is 0.496 e. The lowest BCUT2D eigenvalue weighted by atomic mass is 10.0. The van der Waals surface area contributed by atoms with Gasteiger partial charge in [0.2, 0.25) is 0 Å². The Kier molecular flexibility index (Phi) is 5.20. The highest BCUT2D eigenvalue weighted by molar-refractivity contribution is 5.36. The maximum Gasteiger partial charge on any atom is 0.123 e. The summed E-state index contributed by atoms with van der Waals surface area (Å²) in [4.78, 5) is 0. The van der Waals surface area contributed by atoms with Gasteiger partial charge in [-0.1, -0.05) is 25.7 Å². The summed E-state index contributed by atoms with van der Waals surface area (Å²) < 4.78 is 18.7. The highest BCUT2D eigenvalue weighted by atomic mass is 19.1. The van der Waals surface area contributed by atoms with Gasteiger partial charge in [-0.05, 0) is 38.0 Å². The number of rotatable bonds is 4. The first-order chi connectivity index (χ1) is 9.20. The van der Waals surface area contributed by atoms with Crippen molar-refractivity contribution < 1.29 is 9.13 Å². The Balaban J connectivity index is 2.05. The van der Waals surface area contributed by atoms with Gasteiger partial charge in [0.05, 0.1) is 7.11 Å². The molecule has 0 heterocycles. The standard InChI is InChI=1S/C16H24FNO/c1-12(18-14-7-5-3-4-6-8-14)15-11-13(17)9-10-16(15)19-2/h9-12,14,18H,3-8H2,1-2H3. The van der Waals surface area contributed by atoms with Gasteiger partial charge in [0, 0.05) is 17.6 Å². The molecule has 0 saturated heterocycles. The van der Waals surface area contributed by atoms with E-state index >= 15 is 0 Å². The van der Waals surface area contributed by atoms with E-state index in [1.807, 2.05) is 0 Å². The van der Waals surface area contributed by atoms with Crippen LogP contribution in [0.3, 0.4) is 0 Å². The molecule has 1 aliphatic carbocycles. The maximum absolute atomic E-state index is 13.4. The van der Waals surface area contributed by atoms with Crippen LogP contribution in [0.5, 0.6) is 5.75 Å². The molecule has 0 bridgehead atoms. The average molecular weight is 265 g/mol. The Hall–Kier alpha value is -1.09. The van der Waals surface area contributed by atoms with Gasteiger partial charge in [0.1, 0.15) is 11.6 Å². The normalized spacial score (nSPS) is 18.9. The fourth-order valence-corrected chi connectivity index (χ4v) is 2.93. The van der Waals surface area contributed by atoms with E-state index in [4.69, 9.17) is 4.74 Å². The third-order valence-corrected chi connectivity index (χ3v) is 4.00. The number of nitrogens with one attached hydrogen (secondary N) is 1. The van der Waals surface area contributed by atoms with E-state index in [0.29, 0.717) is 6.04 Å².